The maximum absolute atomic E-state index is 5.85. The van der Waals surface area contributed by atoms with Crippen molar-refractivity contribution < 1.29 is 4.74 Å². The number of nitrogens with zero attached hydrogens (tertiary/aromatic N) is 1. The molecule has 2 atom stereocenters. The van der Waals surface area contributed by atoms with Gasteiger partial charge in [-0.05, 0) is 30.5 Å². The molecule has 3 rings (SSSR count). The van der Waals surface area contributed by atoms with Crippen LogP contribution >= 0.6 is 0 Å². The van der Waals surface area contributed by atoms with Crippen molar-refractivity contribution in [1.82, 2.24) is 0 Å². The summed E-state index contributed by atoms with van der Waals surface area (Å²) in [7, 11) is 0. The standard InChI is InChI=1S/C20H24N2O/c1-14(2)19-13-23-20(22-19)17-11-7-8-12-18(17)21-15(3)16-9-5-4-6-10-16/h4-12,14-15,19,21H,13H2,1-3H3/t15-,19-/m1/s1. The van der Waals surface area contributed by atoms with Gasteiger partial charge in [-0.25, -0.2) is 4.99 Å². The van der Waals surface area contributed by atoms with Gasteiger partial charge in [0.05, 0.1) is 11.6 Å². The van der Waals surface area contributed by atoms with Gasteiger partial charge < -0.3 is 10.1 Å². The fraction of sp³-hybridized carbons (Fsp3) is 0.350. The molecule has 2 aromatic rings. The van der Waals surface area contributed by atoms with Gasteiger partial charge >= 0.3 is 0 Å². The Hall–Kier alpha value is -2.29. The average Bonchev–Trinajstić information content (AvgIpc) is 3.06. The topological polar surface area (TPSA) is 33.6 Å². The molecule has 0 aromatic heterocycles. The van der Waals surface area contributed by atoms with Crippen LogP contribution < -0.4 is 5.32 Å². The van der Waals surface area contributed by atoms with Gasteiger partial charge in [0.15, 0.2) is 0 Å². The summed E-state index contributed by atoms with van der Waals surface area (Å²) >= 11 is 0. The van der Waals surface area contributed by atoms with E-state index in [4.69, 9.17) is 9.73 Å². The Bertz CT molecular complexity index is 679. The quantitative estimate of drug-likeness (QED) is 0.871. The first-order chi connectivity index (χ1) is 11.1. The molecule has 0 unspecified atom stereocenters. The van der Waals surface area contributed by atoms with Crippen molar-refractivity contribution in [3.05, 3.63) is 65.7 Å². The summed E-state index contributed by atoms with van der Waals surface area (Å²) in [5.74, 6) is 1.25. The molecular formula is C20H24N2O. The van der Waals surface area contributed by atoms with Crippen molar-refractivity contribution in [3.63, 3.8) is 0 Å². The third kappa shape index (κ3) is 3.55. The summed E-state index contributed by atoms with van der Waals surface area (Å²) in [6.45, 7) is 7.21. The lowest BCUT2D eigenvalue weighted by atomic mass is 10.1. The highest BCUT2D eigenvalue weighted by atomic mass is 16.5. The van der Waals surface area contributed by atoms with E-state index in [1.54, 1.807) is 0 Å². The molecule has 3 nitrogen and oxygen atoms in total. The first-order valence-corrected chi connectivity index (χ1v) is 8.26. The van der Waals surface area contributed by atoms with Crippen LogP contribution in [0.1, 0.15) is 37.9 Å². The second-order valence-corrected chi connectivity index (χ2v) is 6.38. The first-order valence-electron chi connectivity index (χ1n) is 8.26. The van der Waals surface area contributed by atoms with Gasteiger partial charge in [-0.15, -0.1) is 0 Å². The van der Waals surface area contributed by atoms with E-state index in [2.05, 4.69) is 62.5 Å². The summed E-state index contributed by atoms with van der Waals surface area (Å²) in [6.07, 6.45) is 0. The van der Waals surface area contributed by atoms with E-state index in [0.29, 0.717) is 12.5 Å². The summed E-state index contributed by atoms with van der Waals surface area (Å²) < 4.78 is 5.85. The van der Waals surface area contributed by atoms with E-state index in [1.807, 2.05) is 18.2 Å². The van der Waals surface area contributed by atoms with Gasteiger partial charge in [0.2, 0.25) is 5.90 Å². The number of para-hydroxylation sites is 1. The van der Waals surface area contributed by atoms with Crippen LogP contribution in [0.4, 0.5) is 5.69 Å². The molecule has 0 saturated heterocycles. The molecule has 1 aliphatic rings. The van der Waals surface area contributed by atoms with Crippen LogP contribution in [-0.4, -0.2) is 18.5 Å². The first kappa shape index (κ1) is 15.6. The highest BCUT2D eigenvalue weighted by Gasteiger charge is 2.24. The minimum Gasteiger partial charge on any atom is -0.475 e. The Kier molecular flexibility index (Phi) is 4.65. The minimum atomic E-state index is 0.222. The molecule has 0 bridgehead atoms. The van der Waals surface area contributed by atoms with Crippen LogP contribution in [0, 0.1) is 5.92 Å². The Morgan fingerprint density at radius 3 is 2.39 bits per heavy atom. The monoisotopic (exact) mass is 308 g/mol. The Morgan fingerprint density at radius 1 is 1.00 bits per heavy atom. The molecule has 2 aromatic carbocycles. The van der Waals surface area contributed by atoms with Crippen LogP contribution in [0.25, 0.3) is 0 Å². The van der Waals surface area contributed by atoms with Gasteiger partial charge in [0.1, 0.15) is 6.61 Å². The molecule has 120 valence electrons. The Morgan fingerprint density at radius 2 is 1.70 bits per heavy atom. The van der Waals surface area contributed by atoms with E-state index in [9.17, 15) is 0 Å². The van der Waals surface area contributed by atoms with Crippen molar-refractivity contribution in [2.45, 2.75) is 32.9 Å². The van der Waals surface area contributed by atoms with E-state index in [0.717, 1.165) is 17.1 Å². The zero-order chi connectivity index (χ0) is 16.2. The van der Waals surface area contributed by atoms with Crippen LogP contribution in [0.15, 0.2) is 59.6 Å². The predicted octanol–water partition coefficient (Wildman–Crippen LogP) is 4.66. The number of hydrogen-bond acceptors (Lipinski definition) is 3. The number of benzene rings is 2. The van der Waals surface area contributed by atoms with Crippen LogP contribution in [0.3, 0.4) is 0 Å². The molecule has 0 amide bonds. The van der Waals surface area contributed by atoms with Gasteiger partial charge in [0, 0.05) is 11.7 Å². The largest absolute Gasteiger partial charge is 0.475 e. The van der Waals surface area contributed by atoms with E-state index < -0.39 is 0 Å². The van der Waals surface area contributed by atoms with E-state index in [1.165, 1.54) is 5.56 Å². The molecule has 0 saturated carbocycles. The average molecular weight is 308 g/mol. The van der Waals surface area contributed by atoms with Gasteiger partial charge in [0.25, 0.3) is 0 Å². The molecule has 0 spiro atoms. The molecule has 0 radical (unpaired) electrons. The maximum atomic E-state index is 5.85. The van der Waals surface area contributed by atoms with Gasteiger partial charge in [-0.3, -0.25) is 0 Å². The van der Waals surface area contributed by atoms with Crippen LogP contribution in [0.2, 0.25) is 0 Å². The number of aliphatic imine (C=N–C) groups is 1. The lowest BCUT2D eigenvalue weighted by molar-refractivity contribution is 0.292. The van der Waals surface area contributed by atoms with Gasteiger partial charge in [-0.2, -0.15) is 0 Å². The number of ether oxygens (including phenoxy) is 1. The SMILES string of the molecule is CC(C)[C@H]1COC(c2ccccc2N[C@H](C)c2ccccc2)=N1. The minimum absolute atomic E-state index is 0.222. The normalized spacial score (nSPS) is 18.4. The predicted molar refractivity (Wildman–Crippen MR) is 96.0 cm³/mol. The summed E-state index contributed by atoms with van der Waals surface area (Å²) in [4.78, 5) is 4.75. The number of anilines is 1. The maximum Gasteiger partial charge on any atom is 0.218 e. The summed E-state index contributed by atoms with van der Waals surface area (Å²) in [5.41, 5.74) is 3.36. The van der Waals surface area contributed by atoms with Crippen molar-refractivity contribution in [1.29, 1.82) is 0 Å². The zero-order valence-electron chi connectivity index (χ0n) is 14.0. The molecule has 23 heavy (non-hydrogen) atoms. The zero-order valence-corrected chi connectivity index (χ0v) is 14.0. The molecule has 1 heterocycles. The lowest BCUT2D eigenvalue weighted by Gasteiger charge is -2.18. The molecular weight excluding hydrogens is 284 g/mol. The van der Waals surface area contributed by atoms with Crippen molar-refractivity contribution in [2.75, 3.05) is 11.9 Å². The van der Waals surface area contributed by atoms with Crippen LogP contribution in [-0.2, 0) is 4.74 Å². The smallest absolute Gasteiger partial charge is 0.218 e. The molecule has 3 heteroatoms. The highest BCUT2D eigenvalue weighted by molar-refractivity contribution is 6.00. The lowest BCUT2D eigenvalue weighted by Crippen LogP contribution is -2.13. The molecule has 1 N–H and O–H groups in total. The summed E-state index contributed by atoms with van der Waals surface area (Å²) in [6, 6.07) is 19.2. The number of hydrogen-bond donors (Lipinski definition) is 1. The Labute approximate surface area is 138 Å². The summed E-state index contributed by atoms with van der Waals surface area (Å²) in [5, 5.41) is 3.59. The number of rotatable bonds is 5. The van der Waals surface area contributed by atoms with E-state index >= 15 is 0 Å². The highest BCUT2D eigenvalue weighted by Crippen LogP contribution is 2.26. The third-order valence-corrected chi connectivity index (χ3v) is 4.27. The third-order valence-electron chi connectivity index (χ3n) is 4.27. The molecule has 0 aliphatic carbocycles. The fourth-order valence-corrected chi connectivity index (χ4v) is 2.73. The second-order valence-electron chi connectivity index (χ2n) is 6.38. The van der Waals surface area contributed by atoms with Crippen molar-refractivity contribution in [3.8, 4) is 0 Å². The van der Waals surface area contributed by atoms with Crippen molar-refractivity contribution in [2.24, 2.45) is 10.9 Å². The van der Waals surface area contributed by atoms with Crippen LogP contribution in [0.5, 0.6) is 0 Å². The fourth-order valence-electron chi connectivity index (χ4n) is 2.73. The van der Waals surface area contributed by atoms with Crippen molar-refractivity contribution >= 4 is 11.6 Å². The molecule has 1 aliphatic heterocycles. The Balaban J connectivity index is 1.83. The number of nitrogens with one attached hydrogen (secondary N) is 1. The van der Waals surface area contributed by atoms with Gasteiger partial charge in [-0.1, -0.05) is 56.3 Å². The second kappa shape index (κ2) is 6.86. The molecule has 0 fully saturated rings. The van der Waals surface area contributed by atoms with E-state index in [-0.39, 0.29) is 12.1 Å².